The van der Waals surface area contributed by atoms with Crippen LogP contribution in [0.1, 0.15) is 38.2 Å². The van der Waals surface area contributed by atoms with Crippen molar-refractivity contribution < 1.29 is 4.79 Å². The maximum atomic E-state index is 12.3. The highest BCUT2D eigenvalue weighted by Gasteiger charge is 2.36. The van der Waals surface area contributed by atoms with E-state index in [9.17, 15) is 4.79 Å². The minimum absolute atomic E-state index is 0.113. The average molecular weight is 286 g/mol. The van der Waals surface area contributed by atoms with Gasteiger partial charge in [0.15, 0.2) is 0 Å². The van der Waals surface area contributed by atoms with Crippen molar-refractivity contribution in [2.24, 2.45) is 5.92 Å². The van der Waals surface area contributed by atoms with Gasteiger partial charge in [-0.2, -0.15) is 0 Å². The Morgan fingerprint density at radius 3 is 2.67 bits per heavy atom. The average Bonchev–Trinajstić information content (AvgIpc) is 2.53. The van der Waals surface area contributed by atoms with Crippen LogP contribution >= 0.6 is 0 Å². The van der Waals surface area contributed by atoms with Gasteiger partial charge in [0.05, 0.1) is 0 Å². The Bertz CT molecular complexity index is 481. The molecule has 1 aromatic rings. The summed E-state index contributed by atoms with van der Waals surface area (Å²) in [7, 11) is 0. The lowest BCUT2D eigenvalue weighted by Gasteiger charge is -2.42. The third kappa shape index (κ3) is 3.29. The van der Waals surface area contributed by atoms with Crippen LogP contribution in [-0.2, 0) is 10.2 Å². The van der Waals surface area contributed by atoms with Crippen LogP contribution in [-0.4, -0.2) is 37.0 Å². The Hall–Kier alpha value is -1.35. The van der Waals surface area contributed by atoms with Gasteiger partial charge in [-0.3, -0.25) is 4.79 Å². The number of hydrogen-bond acceptors (Lipinski definition) is 2. The molecule has 3 nitrogen and oxygen atoms in total. The molecular weight excluding hydrogens is 260 g/mol. The number of nitrogens with one attached hydrogen (secondary N) is 1. The molecule has 2 aliphatic rings. The van der Waals surface area contributed by atoms with Crippen LogP contribution < -0.4 is 5.32 Å². The van der Waals surface area contributed by atoms with E-state index in [2.05, 4.69) is 47.5 Å². The van der Waals surface area contributed by atoms with Crippen molar-refractivity contribution in [2.45, 2.75) is 38.0 Å². The molecule has 2 aliphatic heterocycles. The number of rotatable bonds is 3. The zero-order chi connectivity index (χ0) is 14.7. The van der Waals surface area contributed by atoms with Gasteiger partial charge in [-0.25, -0.2) is 0 Å². The minimum Gasteiger partial charge on any atom is -0.342 e. The molecule has 1 amide bonds. The number of nitrogens with zero attached hydrogens (tertiary/aromatic N) is 1. The summed E-state index contributed by atoms with van der Waals surface area (Å²) in [5, 5.41) is 3.40. The fraction of sp³-hybridized carbons (Fsp3) is 0.611. The highest BCUT2D eigenvalue weighted by molar-refractivity contribution is 5.77. The first-order valence-electron chi connectivity index (χ1n) is 8.21. The van der Waals surface area contributed by atoms with E-state index in [1.165, 1.54) is 18.4 Å². The third-order valence-electron chi connectivity index (χ3n) is 5.19. The number of piperidine rings is 2. The molecule has 114 valence electrons. The van der Waals surface area contributed by atoms with Crippen molar-refractivity contribution in [3.05, 3.63) is 35.9 Å². The summed E-state index contributed by atoms with van der Waals surface area (Å²) in [6, 6.07) is 10.7. The predicted octanol–water partition coefficient (Wildman–Crippen LogP) is 2.57. The van der Waals surface area contributed by atoms with Gasteiger partial charge in [-0.05, 0) is 43.8 Å². The molecule has 21 heavy (non-hydrogen) atoms. The maximum absolute atomic E-state index is 12.3. The second-order valence-corrected chi connectivity index (χ2v) is 6.89. The predicted molar refractivity (Wildman–Crippen MR) is 85.2 cm³/mol. The van der Waals surface area contributed by atoms with Crippen LogP contribution in [0.25, 0.3) is 0 Å². The molecule has 0 bridgehead atoms. The van der Waals surface area contributed by atoms with Gasteiger partial charge in [0.2, 0.25) is 5.91 Å². The number of hydrogen-bond donors (Lipinski definition) is 1. The van der Waals surface area contributed by atoms with Crippen LogP contribution in [0.5, 0.6) is 0 Å². The smallest absolute Gasteiger partial charge is 0.222 e. The molecule has 0 saturated carbocycles. The molecule has 2 heterocycles. The van der Waals surface area contributed by atoms with E-state index < -0.39 is 0 Å². The molecular formula is C18H26N2O. The largest absolute Gasteiger partial charge is 0.342 e. The van der Waals surface area contributed by atoms with Gasteiger partial charge >= 0.3 is 0 Å². The zero-order valence-corrected chi connectivity index (χ0v) is 13.0. The fourth-order valence-electron chi connectivity index (χ4n) is 3.75. The summed E-state index contributed by atoms with van der Waals surface area (Å²) in [5.74, 6) is 1.02. The van der Waals surface area contributed by atoms with E-state index in [-0.39, 0.29) is 5.41 Å². The Morgan fingerprint density at radius 1 is 1.24 bits per heavy atom. The molecule has 1 atom stereocenters. The first kappa shape index (κ1) is 14.6. The lowest BCUT2D eigenvalue weighted by atomic mass is 9.75. The zero-order valence-electron chi connectivity index (χ0n) is 13.0. The summed E-state index contributed by atoms with van der Waals surface area (Å²) < 4.78 is 0. The van der Waals surface area contributed by atoms with Gasteiger partial charge in [0, 0.05) is 24.9 Å². The quantitative estimate of drug-likeness (QED) is 0.926. The van der Waals surface area contributed by atoms with Crippen molar-refractivity contribution in [3.8, 4) is 0 Å². The van der Waals surface area contributed by atoms with Gasteiger partial charge < -0.3 is 10.2 Å². The minimum atomic E-state index is 0.113. The van der Waals surface area contributed by atoms with E-state index in [1.807, 2.05) is 0 Å². The molecule has 0 aromatic heterocycles. The van der Waals surface area contributed by atoms with Crippen LogP contribution in [0, 0.1) is 5.92 Å². The highest BCUT2D eigenvalue weighted by atomic mass is 16.2. The van der Waals surface area contributed by atoms with E-state index in [0.29, 0.717) is 18.2 Å². The number of likely N-dealkylation sites (tertiary alicyclic amines) is 1. The van der Waals surface area contributed by atoms with Crippen LogP contribution in [0.2, 0.25) is 0 Å². The number of carbonyl (C=O) groups excluding carboxylic acids is 1. The Balaban J connectivity index is 1.70. The lowest BCUT2D eigenvalue weighted by Crippen LogP contribution is -2.49. The normalized spacial score (nSPS) is 27.9. The van der Waals surface area contributed by atoms with E-state index in [0.717, 1.165) is 32.6 Å². The second kappa shape index (κ2) is 6.18. The monoisotopic (exact) mass is 286 g/mol. The second-order valence-electron chi connectivity index (χ2n) is 6.89. The summed E-state index contributed by atoms with van der Waals surface area (Å²) in [4.78, 5) is 14.4. The third-order valence-corrected chi connectivity index (χ3v) is 5.19. The Morgan fingerprint density at radius 2 is 1.95 bits per heavy atom. The Kier molecular flexibility index (Phi) is 4.29. The molecule has 0 aliphatic carbocycles. The van der Waals surface area contributed by atoms with Gasteiger partial charge in [0.1, 0.15) is 0 Å². The summed E-state index contributed by atoms with van der Waals surface area (Å²) >= 11 is 0. The molecule has 2 fully saturated rings. The molecule has 2 saturated heterocycles. The molecule has 0 radical (unpaired) electrons. The van der Waals surface area contributed by atoms with E-state index >= 15 is 0 Å². The van der Waals surface area contributed by atoms with Crippen LogP contribution in [0.3, 0.4) is 0 Å². The van der Waals surface area contributed by atoms with Gasteiger partial charge in [-0.1, -0.05) is 37.3 Å². The van der Waals surface area contributed by atoms with Crippen molar-refractivity contribution >= 4 is 5.91 Å². The van der Waals surface area contributed by atoms with Crippen molar-refractivity contribution in [3.63, 3.8) is 0 Å². The molecule has 1 N–H and O–H groups in total. The summed E-state index contributed by atoms with van der Waals surface area (Å²) in [6.45, 7) is 6.33. The number of carbonyl (C=O) groups is 1. The standard InChI is InChI=1S/C18H26N2O/c1-18(16-5-3-2-4-6-16)10-7-17(21)20(14-18)13-15-8-11-19-12-9-15/h2-6,15,19H,7-14H2,1H3/t18-/m1/s1. The SMILES string of the molecule is C[C@@]1(c2ccccc2)CCC(=O)N(CC2CCNCC2)C1. The topological polar surface area (TPSA) is 32.3 Å². The highest BCUT2D eigenvalue weighted by Crippen LogP contribution is 2.34. The molecule has 3 rings (SSSR count). The summed E-state index contributed by atoms with van der Waals surface area (Å²) in [5.41, 5.74) is 1.48. The van der Waals surface area contributed by atoms with E-state index in [1.54, 1.807) is 0 Å². The lowest BCUT2D eigenvalue weighted by molar-refractivity contribution is -0.136. The summed E-state index contributed by atoms with van der Waals surface area (Å²) in [6.07, 6.45) is 4.06. The Labute approximate surface area is 127 Å². The van der Waals surface area contributed by atoms with Crippen molar-refractivity contribution in [1.29, 1.82) is 0 Å². The molecule has 0 spiro atoms. The van der Waals surface area contributed by atoms with Crippen LogP contribution in [0.15, 0.2) is 30.3 Å². The van der Waals surface area contributed by atoms with E-state index in [4.69, 9.17) is 0 Å². The maximum Gasteiger partial charge on any atom is 0.222 e. The first-order chi connectivity index (χ1) is 10.2. The fourth-order valence-corrected chi connectivity index (χ4v) is 3.75. The van der Waals surface area contributed by atoms with Gasteiger partial charge in [0.25, 0.3) is 0 Å². The van der Waals surface area contributed by atoms with Gasteiger partial charge in [-0.15, -0.1) is 0 Å². The van der Waals surface area contributed by atoms with Crippen molar-refractivity contribution in [2.75, 3.05) is 26.2 Å². The van der Waals surface area contributed by atoms with Crippen molar-refractivity contribution in [1.82, 2.24) is 10.2 Å². The molecule has 1 aromatic carbocycles. The number of benzene rings is 1. The molecule has 0 unspecified atom stereocenters. The van der Waals surface area contributed by atoms with Crippen LogP contribution in [0.4, 0.5) is 0 Å². The number of amides is 1. The first-order valence-corrected chi connectivity index (χ1v) is 8.21. The molecule has 3 heteroatoms.